The second kappa shape index (κ2) is 8.38. The van der Waals surface area contributed by atoms with Crippen molar-refractivity contribution in [2.24, 2.45) is 28.6 Å². The molecule has 11 rings (SSSR count). The van der Waals surface area contributed by atoms with E-state index in [-0.39, 0.29) is 61.6 Å². The maximum atomic E-state index is 11.4. The number of aromatic hydroxyl groups is 6. The number of rotatable bonds is 4. The molecule has 0 amide bonds. The summed E-state index contributed by atoms with van der Waals surface area (Å²) in [5, 5.41) is 64.6. The van der Waals surface area contributed by atoms with E-state index in [0.717, 1.165) is 74.5 Å². The van der Waals surface area contributed by atoms with Crippen molar-refractivity contribution in [3.63, 3.8) is 0 Å². The summed E-state index contributed by atoms with van der Waals surface area (Å²) in [6.07, 6.45) is 12.7. The molecule has 3 aromatic rings. The molecule has 8 fully saturated rings. The quantitative estimate of drug-likeness (QED) is 0.185. The Kier molecular flexibility index (Phi) is 5.11. The van der Waals surface area contributed by atoms with Gasteiger partial charge in [0.05, 0.1) is 0 Å². The Hall–Kier alpha value is -3.54. The predicted octanol–water partition coefficient (Wildman–Crippen LogP) is 7.62. The van der Waals surface area contributed by atoms with E-state index in [4.69, 9.17) is 0 Å². The van der Waals surface area contributed by atoms with Crippen LogP contribution in [-0.2, 0) is 16.2 Å². The van der Waals surface area contributed by atoms with Crippen LogP contribution in [0.4, 0.5) is 0 Å². The summed E-state index contributed by atoms with van der Waals surface area (Å²) in [4.78, 5) is 0. The molecule has 8 aliphatic carbocycles. The second-order valence-corrected chi connectivity index (χ2v) is 16.5. The lowest BCUT2D eigenvalue weighted by atomic mass is 9.28. The number of hydrogen-bond acceptors (Lipinski definition) is 6. The Morgan fingerprint density at radius 3 is 1.25 bits per heavy atom. The molecule has 6 heteroatoms. The van der Waals surface area contributed by atoms with Gasteiger partial charge in [-0.05, 0) is 124 Å². The van der Waals surface area contributed by atoms with Gasteiger partial charge >= 0.3 is 0 Å². The van der Waals surface area contributed by atoms with E-state index in [0.29, 0.717) is 17.8 Å². The molecule has 44 heavy (non-hydrogen) atoms. The first-order chi connectivity index (χ1) is 21.0. The summed E-state index contributed by atoms with van der Waals surface area (Å²) in [5.74, 6) is 2.36. The maximum absolute atomic E-state index is 11.4. The largest absolute Gasteiger partial charge is 0.508 e. The SMILES string of the molecule is Oc1ccc(C23CC4CC(C2)CC(C25CC6CC(c7ccc(O)cc7O)(CC(c7ccc(O)cc7O)(C6)C2)C5)(C4)C3)c(O)c1. The first-order valence-electron chi connectivity index (χ1n) is 16.5. The van der Waals surface area contributed by atoms with Crippen LogP contribution in [-0.4, -0.2) is 30.6 Å². The average molecular weight is 595 g/mol. The van der Waals surface area contributed by atoms with Crippen LogP contribution in [0.2, 0.25) is 0 Å². The number of phenols is 6. The minimum absolute atomic E-state index is 0.0172. The van der Waals surface area contributed by atoms with Crippen molar-refractivity contribution in [1.82, 2.24) is 0 Å². The third-order valence-corrected chi connectivity index (χ3v) is 13.9. The summed E-state index contributed by atoms with van der Waals surface area (Å²) >= 11 is 0. The van der Waals surface area contributed by atoms with Gasteiger partial charge in [0, 0.05) is 51.1 Å². The molecule has 0 radical (unpaired) electrons. The Morgan fingerprint density at radius 1 is 0.409 bits per heavy atom. The number of benzene rings is 3. The maximum Gasteiger partial charge on any atom is 0.123 e. The van der Waals surface area contributed by atoms with Crippen LogP contribution in [0.25, 0.3) is 0 Å². The highest BCUT2D eigenvalue weighted by Gasteiger charge is 2.73. The van der Waals surface area contributed by atoms with Crippen molar-refractivity contribution >= 4 is 0 Å². The van der Waals surface area contributed by atoms with E-state index in [1.807, 2.05) is 18.2 Å². The molecule has 8 aliphatic rings. The molecule has 4 atom stereocenters. The van der Waals surface area contributed by atoms with Gasteiger partial charge in [-0.15, -0.1) is 0 Å². The summed E-state index contributed by atoms with van der Waals surface area (Å²) < 4.78 is 0. The number of hydrogen-bond donors (Lipinski definition) is 6. The lowest BCUT2D eigenvalue weighted by Crippen LogP contribution is -2.68. The molecule has 4 unspecified atom stereocenters. The molecule has 230 valence electrons. The molecular formula is C38H42O6. The van der Waals surface area contributed by atoms with Gasteiger partial charge in [0.25, 0.3) is 0 Å². The zero-order valence-corrected chi connectivity index (χ0v) is 25.1. The highest BCUT2D eigenvalue weighted by Crippen LogP contribution is 2.81. The van der Waals surface area contributed by atoms with Gasteiger partial charge in [-0.3, -0.25) is 0 Å². The van der Waals surface area contributed by atoms with Gasteiger partial charge in [-0.2, -0.15) is 0 Å². The third-order valence-electron chi connectivity index (χ3n) is 13.9. The smallest absolute Gasteiger partial charge is 0.123 e. The molecule has 0 heterocycles. The van der Waals surface area contributed by atoms with Crippen LogP contribution in [0.1, 0.15) is 93.7 Å². The van der Waals surface area contributed by atoms with Gasteiger partial charge < -0.3 is 30.6 Å². The van der Waals surface area contributed by atoms with Crippen molar-refractivity contribution in [1.29, 1.82) is 0 Å². The minimum atomic E-state index is -0.293. The van der Waals surface area contributed by atoms with Crippen LogP contribution in [0, 0.1) is 28.6 Å². The van der Waals surface area contributed by atoms with E-state index < -0.39 is 0 Å². The van der Waals surface area contributed by atoms with E-state index in [9.17, 15) is 30.6 Å². The summed E-state index contributed by atoms with van der Waals surface area (Å²) in [6.45, 7) is 0. The topological polar surface area (TPSA) is 121 Å². The van der Waals surface area contributed by atoms with Crippen LogP contribution >= 0.6 is 0 Å². The summed E-state index contributed by atoms with van der Waals surface area (Å²) in [5.41, 5.74) is 2.18. The average Bonchev–Trinajstić information content (AvgIpc) is 2.91. The molecule has 0 spiro atoms. The Morgan fingerprint density at radius 2 is 0.795 bits per heavy atom. The van der Waals surface area contributed by atoms with E-state index in [2.05, 4.69) is 0 Å². The number of phenolic OH excluding ortho intramolecular Hbond substituents is 6. The fraction of sp³-hybridized carbons (Fsp3) is 0.526. The highest BCUT2D eigenvalue weighted by molar-refractivity contribution is 5.52. The third kappa shape index (κ3) is 3.43. The van der Waals surface area contributed by atoms with Gasteiger partial charge in [-0.25, -0.2) is 0 Å². The molecule has 8 bridgehead atoms. The zero-order chi connectivity index (χ0) is 30.3. The normalized spacial score (nSPS) is 41.3. The molecule has 3 aromatic carbocycles. The molecule has 6 N–H and O–H groups in total. The van der Waals surface area contributed by atoms with Crippen molar-refractivity contribution in [3.8, 4) is 34.5 Å². The summed E-state index contributed by atoms with van der Waals surface area (Å²) in [6, 6.07) is 15.5. The monoisotopic (exact) mass is 594 g/mol. The summed E-state index contributed by atoms with van der Waals surface area (Å²) in [7, 11) is 0. The molecule has 0 saturated heterocycles. The Labute approximate surface area is 258 Å². The van der Waals surface area contributed by atoms with Gasteiger partial charge in [0.2, 0.25) is 0 Å². The van der Waals surface area contributed by atoms with Gasteiger partial charge in [0.15, 0.2) is 0 Å². The van der Waals surface area contributed by atoms with Crippen LogP contribution < -0.4 is 0 Å². The molecule has 6 nitrogen and oxygen atoms in total. The van der Waals surface area contributed by atoms with Crippen molar-refractivity contribution < 1.29 is 30.6 Å². The highest BCUT2D eigenvalue weighted by atomic mass is 16.3. The lowest BCUT2D eigenvalue weighted by Gasteiger charge is -2.76. The first-order valence-corrected chi connectivity index (χ1v) is 16.5. The molecule has 0 aliphatic heterocycles. The van der Waals surface area contributed by atoms with Gasteiger partial charge in [-0.1, -0.05) is 18.2 Å². The molecular weight excluding hydrogens is 552 g/mol. The lowest BCUT2D eigenvalue weighted by molar-refractivity contribution is -0.219. The molecule has 8 saturated carbocycles. The van der Waals surface area contributed by atoms with Crippen LogP contribution in [0.5, 0.6) is 34.5 Å². The van der Waals surface area contributed by atoms with Crippen molar-refractivity contribution in [2.75, 3.05) is 0 Å². The van der Waals surface area contributed by atoms with Crippen molar-refractivity contribution in [3.05, 3.63) is 71.3 Å². The van der Waals surface area contributed by atoms with Crippen LogP contribution in [0.15, 0.2) is 54.6 Å². The minimum Gasteiger partial charge on any atom is -0.508 e. The van der Waals surface area contributed by atoms with E-state index >= 15 is 0 Å². The predicted molar refractivity (Wildman–Crippen MR) is 165 cm³/mol. The van der Waals surface area contributed by atoms with Crippen molar-refractivity contribution in [2.45, 2.75) is 93.3 Å². The van der Waals surface area contributed by atoms with Crippen LogP contribution in [0.3, 0.4) is 0 Å². The van der Waals surface area contributed by atoms with E-state index in [1.54, 1.807) is 18.2 Å². The standard InChI is InChI=1S/C38H42O6/c39-25-1-4-28(31(42)8-25)34-11-22-7-23(12-34)16-37(15-22,19-34)38-17-24-13-35(20-38,29-5-2-26(40)9-32(29)43)18-36(14-24,21-38)30-6-3-27(41)10-33(30)44/h1-6,8-10,22-24,39-44H,7,11-21H2. The van der Waals surface area contributed by atoms with E-state index in [1.165, 1.54) is 37.5 Å². The molecule has 0 aromatic heterocycles. The fourth-order valence-corrected chi connectivity index (χ4v) is 13.7. The zero-order valence-electron chi connectivity index (χ0n) is 25.1. The first kappa shape index (κ1) is 26.8. The van der Waals surface area contributed by atoms with Gasteiger partial charge in [0.1, 0.15) is 34.5 Å². The fourth-order valence-electron chi connectivity index (χ4n) is 13.7. The second-order valence-electron chi connectivity index (χ2n) is 16.5. The Balaban J connectivity index is 1.24. The Bertz CT molecular complexity index is 1630.